The Hall–Kier alpha value is -4.45. The number of piperazine rings is 1. The predicted octanol–water partition coefficient (Wildman–Crippen LogP) is 6.84. The Morgan fingerprint density at radius 1 is 1.19 bits per heavy atom. The number of pyridine rings is 1. The van der Waals surface area contributed by atoms with E-state index in [4.69, 9.17) is 18.2 Å². The zero-order valence-corrected chi connectivity index (χ0v) is 25.0. The SMILES string of the molecule is [C-]#[N+]c1c(N2CCN(C(=O)C=C)C[C@@H]2C)c2cc(Cl)c(-c3ccc(F)cc3CO)cc2n(-c2ccccc2C(C)C)c1=O. The highest BCUT2D eigenvalue weighted by Gasteiger charge is 2.31. The van der Waals surface area contributed by atoms with Crippen LogP contribution in [0.1, 0.15) is 37.8 Å². The Balaban J connectivity index is 1.88. The first-order chi connectivity index (χ1) is 20.6. The fraction of sp³-hybridized carbons (Fsp3) is 0.265. The standard InChI is InChI=1S/C34H32ClFN4O3/c1-6-31(42)38-13-14-39(21(4)18-38)33-27-16-28(35)26(25-12-11-23(36)15-22(25)19-41)17-30(27)40(34(43)32(33)37-5)29-10-8-7-9-24(29)20(2)3/h6-12,15-17,20-21,41H,1,13-14,18-19H2,2-4H3/t21-/m0/s1. The number of aromatic nitrogens is 1. The lowest BCUT2D eigenvalue weighted by atomic mass is 9.96. The fourth-order valence-corrected chi connectivity index (χ4v) is 6.24. The number of hydrogen-bond acceptors (Lipinski definition) is 4. The summed E-state index contributed by atoms with van der Waals surface area (Å²) < 4.78 is 15.6. The Morgan fingerprint density at radius 2 is 1.93 bits per heavy atom. The van der Waals surface area contributed by atoms with E-state index >= 15 is 0 Å². The zero-order chi connectivity index (χ0) is 31.0. The Kier molecular flexibility index (Phi) is 8.41. The molecule has 3 aromatic carbocycles. The number of aliphatic hydroxyl groups excluding tert-OH is 1. The highest BCUT2D eigenvalue weighted by atomic mass is 35.5. The van der Waals surface area contributed by atoms with E-state index in [0.717, 1.165) is 5.56 Å². The summed E-state index contributed by atoms with van der Waals surface area (Å²) in [6.07, 6.45) is 1.28. The van der Waals surface area contributed by atoms with E-state index in [2.05, 4.69) is 11.4 Å². The van der Waals surface area contributed by atoms with Gasteiger partial charge in [-0.25, -0.2) is 9.24 Å². The second-order valence-corrected chi connectivity index (χ2v) is 11.4. The van der Waals surface area contributed by atoms with Gasteiger partial charge in [0.15, 0.2) is 0 Å². The smallest absolute Gasteiger partial charge is 0.274 e. The Bertz CT molecular complexity index is 1860. The van der Waals surface area contributed by atoms with Crippen LogP contribution in [0, 0.1) is 12.4 Å². The van der Waals surface area contributed by atoms with Gasteiger partial charge >= 0.3 is 0 Å². The van der Waals surface area contributed by atoms with E-state index in [1.54, 1.807) is 27.7 Å². The van der Waals surface area contributed by atoms with Gasteiger partial charge in [0.2, 0.25) is 5.91 Å². The molecule has 1 aromatic heterocycles. The molecule has 2 heterocycles. The van der Waals surface area contributed by atoms with Crippen molar-refractivity contribution in [2.75, 3.05) is 24.5 Å². The molecule has 0 bridgehead atoms. The minimum atomic E-state index is -0.487. The molecular weight excluding hydrogens is 567 g/mol. The minimum Gasteiger partial charge on any atom is -0.392 e. The average molecular weight is 599 g/mol. The molecule has 0 spiro atoms. The third-order valence-electron chi connectivity index (χ3n) is 8.05. The van der Waals surface area contributed by atoms with Gasteiger partial charge in [-0.2, -0.15) is 0 Å². The molecule has 0 saturated carbocycles. The number of rotatable bonds is 6. The number of carbonyl (C=O) groups excluding carboxylic acids is 1. The topological polar surface area (TPSA) is 70.1 Å². The van der Waals surface area contributed by atoms with Crippen LogP contribution in [0.3, 0.4) is 0 Å². The van der Waals surface area contributed by atoms with Gasteiger partial charge in [0.05, 0.1) is 30.1 Å². The Labute approximate surface area is 254 Å². The third-order valence-corrected chi connectivity index (χ3v) is 8.36. The highest BCUT2D eigenvalue weighted by Crippen LogP contribution is 2.42. The summed E-state index contributed by atoms with van der Waals surface area (Å²) in [4.78, 5) is 34.2. The second kappa shape index (κ2) is 12.0. The van der Waals surface area contributed by atoms with Gasteiger partial charge in [-0.1, -0.05) is 56.3 Å². The molecule has 5 rings (SSSR count). The number of aliphatic hydroxyl groups is 1. The van der Waals surface area contributed by atoms with Gasteiger partial charge in [0.25, 0.3) is 11.2 Å². The molecule has 0 radical (unpaired) electrons. The van der Waals surface area contributed by atoms with Crippen molar-refractivity contribution in [1.82, 2.24) is 9.47 Å². The average Bonchev–Trinajstić information content (AvgIpc) is 3.00. The van der Waals surface area contributed by atoms with E-state index in [-0.39, 0.29) is 23.6 Å². The molecule has 1 amide bonds. The maximum atomic E-state index is 14.4. The number of nitrogens with zero attached hydrogens (tertiary/aromatic N) is 4. The molecule has 220 valence electrons. The maximum absolute atomic E-state index is 14.4. The first kappa shape index (κ1) is 30.0. The van der Waals surface area contributed by atoms with Crippen molar-refractivity contribution in [3.63, 3.8) is 0 Å². The summed E-state index contributed by atoms with van der Waals surface area (Å²) in [5.74, 6) is -0.580. The van der Waals surface area contributed by atoms with Crippen molar-refractivity contribution in [2.45, 2.75) is 39.3 Å². The summed E-state index contributed by atoms with van der Waals surface area (Å²) in [5.41, 5.74) is 3.44. The van der Waals surface area contributed by atoms with E-state index < -0.39 is 18.0 Å². The van der Waals surface area contributed by atoms with Gasteiger partial charge in [-0.15, -0.1) is 0 Å². The van der Waals surface area contributed by atoms with Gasteiger partial charge in [-0.3, -0.25) is 14.2 Å². The third kappa shape index (κ3) is 5.31. The molecule has 1 fully saturated rings. The van der Waals surface area contributed by atoms with Crippen molar-refractivity contribution < 1.29 is 14.3 Å². The molecule has 1 aliphatic rings. The molecule has 4 aromatic rings. The molecule has 0 unspecified atom stereocenters. The van der Waals surface area contributed by atoms with Crippen molar-refractivity contribution in [3.05, 3.63) is 111 Å². The van der Waals surface area contributed by atoms with E-state index in [1.807, 2.05) is 49.9 Å². The van der Waals surface area contributed by atoms with Gasteiger partial charge < -0.3 is 14.9 Å². The molecule has 1 aliphatic heterocycles. The lowest BCUT2D eigenvalue weighted by molar-refractivity contribution is -0.126. The van der Waals surface area contributed by atoms with Crippen LogP contribution >= 0.6 is 11.6 Å². The van der Waals surface area contributed by atoms with Crippen LogP contribution in [0.4, 0.5) is 15.8 Å². The number of fused-ring (bicyclic) bond motifs is 1. The maximum Gasteiger partial charge on any atom is 0.274 e. The van der Waals surface area contributed by atoms with Crippen molar-refractivity contribution in [1.29, 1.82) is 0 Å². The Morgan fingerprint density at radius 3 is 2.58 bits per heavy atom. The molecule has 0 aliphatic carbocycles. The van der Waals surface area contributed by atoms with Crippen LogP contribution in [0.25, 0.3) is 32.6 Å². The van der Waals surface area contributed by atoms with Crippen LogP contribution in [-0.4, -0.2) is 46.2 Å². The van der Waals surface area contributed by atoms with Crippen LogP contribution in [0.5, 0.6) is 0 Å². The molecule has 7 nitrogen and oxygen atoms in total. The molecule has 9 heteroatoms. The van der Waals surface area contributed by atoms with E-state index in [1.165, 1.54) is 18.2 Å². The van der Waals surface area contributed by atoms with Gasteiger partial charge in [-0.05, 0) is 65.9 Å². The number of halogens is 2. The van der Waals surface area contributed by atoms with Crippen molar-refractivity contribution in [2.24, 2.45) is 0 Å². The van der Waals surface area contributed by atoms with Crippen molar-refractivity contribution >= 4 is 39.8 Å². The fourth-order valence-electron chi connectivity index (χ4n) is 5.97. The number of para-hydroxylation sites is 1. The number of hydrogen-bond donors (Lipinski definition) is 1. The summed E-state index contributed by atoms with van der Waals surface area (Å²) in [6.45, 7) is 18.5. The zero-order valence-electron chi connectivity index (χ0n) is 24.3. The molecule has 1 N–H and O–H groups in total. The summed E-state index contributed by atoms with van der Waals surface area (Å²) >= 11 is 6.93. The number of carbonyl (C=O) groups is 1. The van der Waals surface area contributed by atoms with Crippen LogP contribution in [0.15, 0.2) is 72.0 Å². The molecular formula is C34H32ClFN4O3. The van der Waals surface area contributed by atoms with Crippen LogP contribution in [0.2, 0.25) is 5.02 Å². The van der Waals surface area contributed by atoms with Crippen LogP contribution < -0.4 is 10.5 Å². The second-order valence-electron chi connectivity index (χ2n) is 11.0. The van der Waals surface area contributed by atoms with E-state index in [0.29, 0.717) is 63.6 Å². The molecule has 1 atom stereocenters. The summed E-state index contributed by atoms with van der Waals surface area (Å²) in [7, 11) is 0. The minimum absolute atomic E-state index is 0.0388. The number of amides is 1. The van der Waals surface area contributed by atoms with Gasteiger partial charge in [0, 0.05) is 41.6 Å². The number of anilines is 1. The monoisotopic (exact) mass is 598 g/mol. The largest absolute Gasteiger partial charge is 0.392 e. The van der Waals surface area contributed by atoms with Crippen LogP contribution in [-0.2, 0) is 11.4 Å². The lowest BCUT2D eigenvalue weighted by Crippen LogP contribution is -2.53. The number of benzene rings is 3. The first-order valence-electron chi connectivity index (χ1n) is 14.1. The summed E-state index contributed by atoms with van der Waals surface area (Å²) in [5, 5.41) is 11.0. The predicted molar refractivity (Wildman–Crippen MR) is 170 cm³/mol. The quantitative estimate of drug-likeness (QED) is 0.195. The van der Waals surface area contributed by atoms with E-state index in [9.17, 15) is 19.1 Å². The van der Waals surface area contributed by atoms with Gasteiger partial charge in [0.1, 0.15) is 5.82 Å². The normalized spacial score (nSPS) is 15.2. The highest BCUT2D eigenvalue weighted by molar-refractivity contribution is 6.34. The lowest BCUT2D eigenvalue weighted by Gasteiger charge is -2.42. The summed E-state index contributed by atoms with van der Waals surface area (Å²) in [6, 6.07) is 15.0. The van der Waals surface area contributed by atoms with Crippen molar-refractivity contribution in [3.8, 4) is 16.8 Å². The molecule has 43 heavy (non-hydrogen) atoms. The first-order valence-corrected chi connectivity index (χ1v) is 14.5. The molecule has 1 saturated heterocycles.